The van der Waals surface area contributed by atoms with E-state index < -0.39 is 0 Å². The van der Waals surface area contributed by atoms with Gasteiger partial charge in [0.2, 0.25) is 6.71 Å². The minimum absolute atomic E-state index is 0.0380. The van der Waals surface area contributed by atoms with E-state index in [0.29, 0.717) is 6.42 Å². The molecule has 60 heavy (non-hydrogen) atoms. The maximum absolute atomic E-state index is 7.26. The van der Waals surface area contributed by atoms with Crippen LogP contribution in [0.5, 0.6) is 0 Å². The van der Waals surface area contributed by atoms with Crippen molar-refractivity contribution in [1.82, 2.24) is 8.97 Å². The highest BCUT2D eigenvalue weighted by atomic mass is 15.0. The molecule has 11 aromatic rings. The fourth-order valence-electron chi connectivity index (χ4n) is 10.8. The number of hydrogen-bond donors (Lipinski definition) is 1. The van der Waals surface area contributed by atoms with E-state index in [0.717, 1.165) is 41.7 Å². The molecule has 0 fully saturated rings. The SMILES string of the molecule is N/C(=C1/CC#CC/C=C\B1c1ccc2ccccc2c1)c1ccc(-n2c3ccccc3c3c4c(c5c6cccc7c8cc9ccccc9cc8n(c76)c5c32)C=CCC4)cc1. The number of para-hydroxylation sites is 2. The lowest BCUT2D eigenvalue weighted by molar-refractivity contribution is 1.00. The second-order valence-electron chi connectivity index (χ2n) is 16.6. The van der Waals surface area contributed by atoms with Crippen LogP contribution in [0.15, 0.2) is 169 Å². The molecule has 13 rings (SSSR count). The van der Waals surface area contributed by atoms with Gasteiger partial charge in [-0.1, -0.05) is 156 Å². The van der Waals surface area contributed by atoms with Gasteiger partial charge in [-0.3, -0.25) is 0 Å². The highest BCUT2D eigenvalue weighted by Gasteiger charge is 2.29. The van der Waals surface area contributed by atoms with Crippen LogP contribution >= 0.6 is 0 Å². The van der Waals surface area contributed by atoms with Crippen LogP contribution in [0.2, 0.25) is 0 Å². The van der Waals surface area contributed by atoms with E-state index in [1.54, 1.807) is 0 Å². The summed E-state index contributed by atoms with van der Waals surface area (Å²) in [5.74, 6) is 9.06. The van der Waals surface area contributed by atoms with Gasteiger partial charge in [0.15, 0.2) is 0 Å². The molecule has 0 saturated heterocycles. The zero-order valence-electron chi connectivity index (χ0n) is 33.0. The van der Waals surface area contributed by atoms with E-state index in [1.807, 2.05) is 0 Å². The number of hydrogen-bond acceptors (Lipinski definition) is 1. The number of aryl methyl sites for hydroxylation is 1. The number of benzene rings is 8. The number of rotatable bonds is 3. The Morgan fingerprint density at radius 3 is 2.20 bits per heavy atom. The fraction of sp³-hybridized carbons (Fsp3) is 0.0714. The van der Waals surface area contributed by atoms with Gasteiger partial charge in [0.05, 0.1) is 27.6 Å². The summed E-state index contributed by atoms with van der Waals surface area (Å²) in [4.78, 5) is 0. The first-order valence-corrected chi connectivity index (χ1v) is 21.2. The lowest BCUT2D eigenvalue weighted by Gasteiger charge is -2.19. The van der Waals surface area contributed by atoms with E-state index in [1.165, 1.54) is 98.0 Å². The van der Waals surface area contributed by atoms with Gasteiger partial charge in [-0.05, 0) is 81.4 Å². The Kier molecular flexibility index (Phi) is 7.12. The van der Waals surface area contributed by atoms with E-state index >= 15 is 0 Å². The van der Waals surface area contributed by atoms with Gasteiger partial charge in [0.1, 0.15) is 0 Å². The summed E-state index contributed by atoms with van der Waals surface area (Å²) in [6, 6.07) is 53.8. The molecule has 280 valence electrons. The Balaban J connectivity index is 1.08. The molecule has 0 spiro atoms. The minimum atomic E-state index is 0.0380. The van der Waals surface area contributed by atoms with Crippen molar-refractivity contribution in [2.45, 2.75) is 25.7 Å². The number of fused-ring (bicyclic) bond motifs is 15. The van der Waals surface area contributed by atoms with Crippen molar-refractivity contribution in [3.63, 3.8) is 0 Å². The Labute approximate surface area is 347 Å². The molecule has 0 radical (unpaired) electrons. The first-order chi connectivity index (χ1) is 29.7. The van der Waals surface area contributed by atoms with E-state index in [2.05, 4.69) is 191 Å². The molecule has 4 heterocycles. The number of nitrogens with zero attached hydrogens (tertiary/aromatic N) is 2. The zero-order valence-corrected chi connectivity index (χ0v) is 33.0. The predicted octanol–water partition coefficient (Wildman–Crippen LogP) is 12.7. The first-order valence-electron chi connectivity index (χ1n) is 21.2. The molecule has 0 atom stereocenters. The van der Waals surface area contributed by atoms with Gasteiger partial charge in [0, 0.05) is 56.5 Å². The monoisotopic (exact) mass is 763 g/mol. The van der Waals surface area contributed by atoms with Crippen LogP contribution in [0, 0.1) is 11.8 Å². The molecule has 3 aromatic heterocycles. The maximum atomic E-state index is 7.26. The summed E-state index contributed by atoms with van der Waals surface area (Å²) in [5.41, 5.74) is 21.7. The van der Waals surface area contributed by atoms with Gasteiger partial charge in [0.25, 0.3) is 0 Å². The van der Waals surface area contributed by atoms with Gasteiger partial charge >= 0.3 is 0 Å². The van der Waals surface area contributed by atoms with Crippen LogP contribution in [0.25, 0.3) is 98.9 Å². The van der Waals surface area contributed by atoms with E-state index in [9.17, 15) is 0 Å². The van der Waals surface area contributed by atoms with E-state index in [4.69, 9.17) is 5.73 Å². The van der Waals surface area contributed by atoms with Gasteiger partial charge in [-0.15, -0.1) is 5.98 Å². The second-order valence-corrected chi connectivity index (χ2v) is 16.6. The highest BCUT2D eigenvalue weighted by molar-refractivity contribution is 6.85. The molecule has 4 heteroatoms. The molecular weight excluding hydrogens is 725 g/mol. The van der Waals surface area contributed by atoms with Crippen molar-refractivity contribution in [3.05, 3.63) is 186 Å². The van der Waals surface area contributed by atoms with Crippen molar-refractivity contribution in [1.29, 1.82) is 0 Å². The molecule has 0 amide bonds. The van der Waals surface area contributed by atoms with E-state index in [-0.39, 0.29) is 6.71 Å². The fourth-order valence-corrected chi connectivity index (χ4v) is 10.8. The molecule has 2 N–H and O–H groups in total. The van der Waals surface area contributed by atoms with Gasteiger partial charge in [-0.25, -0.2) is 0 Å². The largest absolute Gasteiger partial charge is 0.399 e. The molecular formula is C56H38BN3. The van der Waals surface area contributed by atoms with Gasteiger partial charge < -0.3 is 14.7 Å². The smallest absolute Gasteiger partial charge is 0.232 e. The molecule has 0 unspecified atom stereocenters. The Morgan fingerprint density at radius 1 is 0.583 bits per heavy atom. The summed E-state index contributed by atoms with van der Waals surface area (Å²) >= 11 is 0. The quantitative estimate of drug-likeness (QED) is 0.141. The average molecular weight is 764 g/mol. The summed E-state index contributed by atoms with van der Waals surface area (Å²) in [5, 5.41) is 12.9. The third kappa shape index (κ3) is 4.69. The van der Waals surface area contributed by atoms with Crippen molar-refractivity contribution in [2.75, 3.05) is 0 Å². The Hall–Kier alpha value is -7.48. The van der Waals surface area contributed by atoms with Crippen LogP contribution in [0.3, 0.4) is 0 Å². The lowest BCUT2D eigenvalue weighted by Crippen LogP contribution is -2.33. The van der Waals surface area contributed by atoms with Crippen LogP contribution in [-0.4, -0.2) is 15.7 Å². The number of nitrogens with two attached hydrogens (primary N) is 1. The summed E-state index contributed by atoms with van der Waals surface area (Å²) in [6.07, 6.45) is 10.4. The lowest BCUT2D eigenvalue weighted by atomic mass is 9.38. The third-order valence-electron chi connectivity index (χ3n) is 13.5. The van der Waals surface area contributed by atoms with Crippen LogP contribution < -0.4 is 11.2 Å². The molecule has 2 aliphatic rings. The highest BCUT2D eigenvalue weighted by Crippen LogP contribution is 2.49. The van der Waals surface area contributed by atoms with Gasteiger partial charge in [-0.2, -0.15) is 0 Å². The van der Waals surface area contributed by atoms with Crippen LogP contribution in [0.4, 0.5) is 0 Å². The van der Waals surface area contributed by atoms with Crippen LogP contribution in [0.1, 0.15) is 36.0 Å². The standard InChI is InChI=1S/C56H38BN3/c58-53(48-23-3-1-2-12-31-57(48)40-28-25-35-14-4-5-15-37(35)32-40)36-26-29-41(30-27-36)59-49-24-11-10-20-45(49)51-42-18-8-9-19-43(42)52-46-22-13-21-44-47-33-38-16-6-7-17-39(38)34-50(47)60(54(44)46)56(52)55(51)59/h4-7,9-17,19-22,24-34H,2,8,18,23,58H2/b31-12-,53-48-. The molecule has 1 aliphatic heterocycles. The topological polar surface area (TPSA) is 35.4 Å². The molecule has 3 nitrogen and oxygen atoms in total. The summed E-state index contributed by atoms with van der Waals surface area (Å²) in [6.45, 7) is 0.0380. The Bertz CT molecular complexity index is 3790. The van der Waals surface area contributed by atoms with Crippen molar-refractivity contribution < 1.29 is 0 Å². The maximum Gasteiger partial charge on any atom is 0.232 e. The first kappa shape index (κ1) is 33.5. The van der Waals surface area contributed by atoms with Crippen molar-refractivity contribution >= 4 is 105 Å². The Morgan fingerprint density at radius 2 is 1.33 bits per heavy atom. The normalized spacial score (nSPS) is 15.7. The summed E-state index contributed by atoms with van der Waals surface area (Å²) < 4.78 is 5.12. The minimum Gasteiger partial charge on any atom is -0.399 e. The zero-order chi connectivity index (χ0) is 39.5. The molecule has 8 aromatic carbocycles. The molecule has 0 saturated carbocycles. The number of allylic oxidation sites excluding steroid dienone is 3. The third-order valence-corrected chi connectivity index (χ3v) is 13.5. The summed E-state index contributed by atoms with van der Waals surface area (Å²) in [7, 11) is 0. The molecule has 0 bridgehead atoms. The van der Waals surface area contributed by atoms with Crippen molar-refractivity contribution in [2.24, 2.45) is 5.73 Å². The molecule has 1 aliphatic carbocycles. The van der Waals surface area contributed by atoms with Crippen LogP contribution in [-0.2, 0) is 6.42 Å². The number of aromatic nitrogens is 2. The predicted molar refractivity (Wildman–Crippen MR) is 257 cm³/mol. The average Bonchev–Trinajstić information content (AvgIpc) is 3.94. The van der Waals surface area contributed by atoms with Crippen molar-refractivity contribution in [3.8, 4) is 17.5 Å². The second kappa shape index (κ2) is 12.8.